The van der Waals surface area contributed by atoms with Crippen LogP contribution in [0.15, 0.2) is 58.0 Å². The van der Waals surface area contributed by atoms with Crippen LogP contribution in [0.5, 0.6) is 0 Å². The van der Waals surface area contributed by atoms with E-state index in [1.807, 2.05) is 25.1 Å². The topological polar surface area (TPSA) is 70.8 Å². The largest absolute Gasteiger partial charge is 0.464 e. The number of hydrogen-bond acceptors (Lipinski definition) is 4. The van der Waals surface area contributed by atoms with Gasteiger partial charge in [-0.25, -0.2) is 8.42 Å². The smallest absolute Gasteiger partial charge is 0.243 e. The molecule has 1 amide bonds. The van der Waals surface area contributed by atoms with E-state index in [9.17, 15) is 13.2 Å². The quantitative estimate of drug-likeness (QED) is 0.633. The molecule has 1 aliphatic rings. The highest BCUT2D eigenvalue weighted by molar-refractivity contribution is 7.89. The second-order valence-corrected chi connectivity index (χ2v) is 9.55. The van der Waals surface area contributed by atoms with Crippen LogP contribution in [-0.2, 0) is 21.2 Å². The van der Waals surface area contributed by atoms with E-state index in [1.165, 1.54) is 16.4 Å². The molecule has 6 nitrogen and oxygen atoms in total. The Kier molecular flexibility index (Phi) is 5.38. The Balaban J connectivity index is 1.42. The summed E-state index contributed by atoms with van der Waals surface area (Å²) >= 11 is 5.93. The lowest BCUT2D eigenvalue weighted by molar-refractivity contribution is -0.131. The van der Waals surface area contributed by atoms with E-state index in [4.69, 9.17) is 16.0 Å². The van der Waals surface area contributed by atoms with Crippen molar-refractivity contribution in [1.82, 2.24) is 9.21 Å². The van der Waals surface area contributed by atoms with E-state index in [2.05, 4.69) is 0 Å². The standard InChI is InChI=1S/C21H21ClN2O4S/c1-15-5-6-19-16(14-28-20(19)11-15)12-21(25)23-7-9-24(10-8-23)29(26,27)18-4-2-3-17(22)13-18/h2-6,11,13-14H,7-10,12H2,1H3. The van der Waals surface area contributed by atoms with Gasteiger partial charge in [-0.3, -0.25) is 4.79 Å². The number of hydrogen-bond donors (Lipinski definition) is 0. The number of halogens is 1. The van der Waals surface area contributed by atoms with Crippen molar-refractivity contribution in [3.05, 3.63) is 64.9 Å². The molecule has 0 bridgehead atoms. The zero-order valence-electron chi connectivity index (χ0n) is 16.0. The van der Waals surface area contributed by atoms with Gasteiger partial charge in [-0.15, -0.1) is 0 Å². The second-order valence-electron chi connectivity index (χ2n) is 7.18. The molecule has 3 aromatic rings. The molecule has 8 heteroatoms. The first-order valence-electron chi connectivity index (χ1n) is 9.35. The molecule has 4 rings (SSSR count). The number of benzene rings is 2. The summed E-state index contributed by atoms with van der Waals surface area (Å²) in [6.07, 6.45) is 1.86. The third-order valence-corrected chi connectivity index (χ3v) is 7.31. The van der Waals surface area contributed by atoms with Gasteiger partial charge in [-0.2, -0.15) is 4.31 Å². The molecule has 2 aromatic carbocycles. The van der Waals surface area contributed by atoms with Crippen LogP contribution in [0, 0.1) is 6.92 Å². The van der Waals surface area contributed by atoms with Crippen molar-refractivity contribution < 1.29 is 17.6 Å². The van der Waals surface area contributed by atoms with Crippen LogP contribution < -0.4 is 0 Å². The molecule has 0 unspecified atom stereocenters. The van der Waals surface area contributed by atoms with Crippen LogP contribution in [-0.4, -0.2) is 49.7 Å². The van der Waals surface area contributed by atoms with Crippen LogP contribution in [0.4, 0.5) is 0 Å². The molecule has 0 saturated carbocycles. The number of carbonyl (C=O) groups is 1. The zero-order valence-corrected chi connectivity index (χ0v) is 17.5. The summed E-state index contributed by atoms with van der Waals surface area (Å²) in [4.78, 5) is 14.6. The van der Waals surface area contributed by atoms with Gasteiger partial charge in [0.05, 0.1) is 17.6 Å². The highest BCUT2D eigenvalue weighted by Gasteiger charge is 2.30. The van der Waals surface area contributed by atoms with Gasteiger partial charge >= 0.3 is 0 Å². The minimum atomic E-state index is -3.62. The maximum Gasteiger partial charge on any atom is 0.243 e. The van der Waals surface area contributed by atoms with Crippen LogP contribution in [0.3, 0.4) is 0 Å². The molecular formula is C21H21ClN2O4S. The van der Waals surface area contributed by atoms with Crippen LogP contribution >= 0.6 is 11.6 Å². The summed E-state index contributed by atoms with van der Waals surface area (Å²) in [7, 11) is -3.62. The van der Waals surface area contributed by atoms with Crippen LogP contribution in [0.25, 0.3) is 11.0 Å². The number of piperazine rings is 1. The Hall–Kier alpha value is -2.35. The van der Waals surface area contributed by atoms with E-state index in [1.54, 1.807) is 23.3 Å². The Labute approximate surface area is 174 Å². The van der Waals surface area contributed by atoms with Gasteiger partial charge in [0.25, 0.3) is 0 Å². The molecule has 0 aliphatic carbocycles. The molecule has 0 atom stereocenters. The van der Waals surface area contributed by atoms with Gasteiger partial charge in [0, 0.05) is 42.2 Å². The Morgan fingerprint density at radius 3 is 2.59 bits per heavy atom. The molecule has 1 aliphatic heterocycles. The van der Waals surface area contributed by atoms with Gasteiger partial charge < -0.3 is 9.32 Å². The van der Waals surface area contributed by atoms with Gasteiger partial charge in [-0.1, -0.05) is 29.8 Å². The maximum atomic E-state index is 12.8. The predicted octanol–water partition coefficient (Wildman–Crippen LogP) is 3.47. The fourth-order valence-electron chi connectivity index (χ4n) is 3.56. The van der Waals surface area contributed by atoms with Crippen molar-refractivity contribution in [1.29, 1.82) is 0 Å². The van der Waals surface area contributed by atoms with E-state index in [-0.39, 0.29) is 30.3 Å². The molecule has 29 heavy (non-hydrogen) atoms. The molecular weight excluding hydrogens is 412 g/mol. The monoisotopic (exact) mass is 432 g/mol. The van der Waals surface area contributed by atoms with Gasteiger partial charge in [0.15, 0.2) is 0 Å². The lowest BCUT2D eigenvalue weighted by Crippen LogP contribution is -2.50. The molecule has 0 spiro atoms. The van der Waals surface area contributed by atoms with Gasteiger partial charge in [0.2, 0.25) is 15.9 Å². The van der Waals surface area contributed by atoms with Crippen molar-refractivity contribution >= 4 is 38.5 Å². The lowest BCUT2D eigenvalue weighted by atomic mass is 10.1. The number of rotatable bonds is 4. The number of nitrogens with zero attached hydrogens (tertiary/aromatic N) is 2. The van der Waals surface area contributed by atoms with Crippen molar-refractivity contribution in [3.8, 4) is 0 Å². The first-order valence-corrected chi connectivity index (χ1v) is 11.2. The lowest BCUT2D eigenvalue weighted by Gasteiger charge is -2.34. The normalized spacial score (nSPS) is 15.7. The molecule has 0 radical (unpaired) electrons. The van der Waals surface area contributed by atoms with Gasteiger partial charge in [-0.05, 0) is 36.8 Å². The number of amides is 1. The van der Waals surface area contributed by atoms with Gasteiger partial charge in [0.1, 0.15) is 5.58 Å². The van der Waals surface area contributed by atoms with Crippen molar-refractivity contribution in [2.45, 2.75) is 18.2 Å². The molecule has 2 heterocycles. The minimum absolute atomic E-state index is 0.0342. The summed E-state index contributed by atoms with van der Waals surface area (Å²) in [5.41, 5.74) is 2.71. The Morgan fingerprint density at radius 2 is 1.86 bits per heavy atom. The number of sulfonamides is 1. The zero-order chi connectivity index (χ0) is 20.6. The Morgan fingerprint density at radius 1 is 1.10 bits per heavy atom. The highest BCUT2D eigenvalue weighted by atomic mass is 35.5. The number of aryl methyl sites for hydroxylation is 1. The number of fused-ring (bicyclic) bond motifs is 1. The average molecular weight is 433 g/mol. The third-order valence-electron chi connectivity index (χ3n) is 5.18. The summed E-state index contributed by atoms with van der Waals surface area (Å²) in [6.45, 7) is 3.21. The van der Waals surface area contributed by atoms with E-state index in [0.717, 1.165) is 22.1 Å². The van der Waals surface area contributed by atoms with Crippen molar-refractivity contribution in [3.63, 3.8) is 0 Å². The first kappa shape index (κ1) is 19.9. The molecule has 1 saturated heterocycles. The number of carbonyl (C=O) groups excluding carboxylic acids is 1. The summed E-state index contributed by atoms with van der Waals surface area (Å²) in [5, 5.41) is 1.31. The van der Waals surface area contributed by atoms with Crippen molar-refractivity contribution in [2.75, 3.05) is 26.2 Å². The minimum Gasteiger partial charge on any atom is -0.464 e. The maximum absolute atomic E-state index is 12.8. The average Bonchev–Trinajstić information content (AvgIpc) is 3.09. The second kappa shape index (κ2) is 7.82. The Bertz CT molecular complexity index is 1160. The van der Waals surface area contributed by atoms with E-state index < -0.39 is 10.0 Å². The number of furan rings is 1. The third kappa shape index (κ3) is 4.03. The fraction of sp³-hybridized carbons (Fsp3) is 0.286. The highest BCUT2D eigenvalue weighted by Crippen LogP contribution is 2.24. The summed E-state index contributed by atoms with van der Waals surface area (Å²) in [5.74, 6) is -0.0342. The molecule has 152 valence electrons. The molecule has 0 N–H and O–H groups in total. The molecule has 1 aromatic heterocycles. The van der Waals surface area contributed by atoms with E-state index >= 15 is 0 Å². The molecule has 1 fully saturated rings. The van der Waals surface area contributed by atoms with E-state index in [0.29, 0.717) is 18.1 Å². The predicted molar refractivity (Wildman–Crippen MR) is 111 cm³/mol. The SMILES string of the molecule is Cc1ccc2c(CC(=O)N3CCN(S(=O)(=O)c4cccc(Cl)c4)CC3)coc2c1. The van der Waals surface area contributed by atoms with Crippen LogP contribution in [0.1, 0.15) is 11.1 Å². The first-order chi connectivity index (χ1) is 13.8. The van der Waals surface area contributed by atoms with Crippen molar-refractivity contribution in [2.24, 2.45) is 0 Å². The summed E-state index contributed by atoms with van der Waals surface area (Å²) < 4.78 is 32.6. The fourth-order valence-corrected chi connectivity index (χ4v) is 5.28. The summed E-state index contributed by atoms with van der Waals surface area (Å²) in [6, 6.07) is 12.1. The van der Waals surface area contributed by atoms with Crippen LogP contribution in [0.2, 0.25) is 5.02 Å².